The van der Waals surface area contributed by atoms with E-state index in [1.54, 1.807) is 0 Å². The summed E-state index contributed by atoms with van der Waals surface area (Å²) < 4.78 is 2.66. The quantitative estimate of drug-likeness (QED) is 0.162. The Bertz CT molecular complexity index is 2380. The lowest BCUT2D eigenvalue weighted by Gasteiger charge is -2.35. The Balaban J connectivity index is 1.15. The largest absolute Gasteiger partial charge is 0.310 e. The SMILES string of the molecule is c1ccc(C2(c3ccc(N(c4ccc(-c5ccc6ccccc6c5)cc4)c4ccc5sc6ccccc6c5c4)cc3)CCCCCC2)cc1. The summed E-state index contributed by atoms with van der Waals surface area (Å²) in [4.78, 5) is 2.43. The van der Waals surface area contributed by atoms with Gasteiger partial charge in [-0.25, -0.2) is 0 Å². The molecule has 1 aliphatic carbocycles. The third-order valence-corrected chi connectivity index (χ3v) is 11.9. The maximum absolute atomic E-state index is 2.43. The molecule has 2 heteroatoms. The van der Waals surface area contributed by atoms with Crippen LogP contribution in [0.1, 0.15) is 49.7 Å². The van der Waals surface area contributed by atoms with Crippen LogP contribution in [-0.4, -0.2) is 0 Å². The van der Waals surface area contributed by atoms with Crippen molar-refractivity contribution in [3.63, 3.8) is 0 Å². The van der Waals surface area contributed by atoms with Crippen LogP contribution in [0.25, 0.3) is 42.1 Å². The Morgan fingerprint density at radius 1 is 0.408 bits per heavy atom. The van der Waals surface area contributed by atoms with Gasteiger partial charge in [-0.2, -0.15) is 0 Å². The second-order valence-corrected chi connectivity index (χ2v) is 14.7. The predicted molar refractivity (Wildman–Crippen MR) is 212 cm³/mol. The molecule has 1 fully saturated rings. The predicted octanol–water partition coefficient (Wildman–Crippen LogP) is 14.0. The van der Waals surface area contributed by atoms with Crippen molar-refractivity contribution >= 4 is 59.3 Å². The van der Waals surface area contributed by atoms with E-state index in [0.717, 1.165) is 5.69 Å². The number of thiophene rings is 1. The molecule has 0 unspecified atom stereocenters. The van der Waals surface area contributed by atoms with E-state index in [4.69, 9.17) is 0 Å². The van der Waals surface area contributed by atoms with Gasteiger partial charge >= 0.3 is 0 Å². The first-order valence-corrected chi connectivity index (χ1v) is 18.5. The van der Waals surface area contributed by atoms with Gasteiger partial charge in [-0.05, 0) is 100 Å². The molecular weight excluding hydrogens is 611 g/mol. The van der Waals surface area contributed by atoms with Gasteiger partial charge < -0.3 is 4.90 Å². The highest BCUT2D eigenvalue weighted by Gasteiger charge is 2.34. The lowest BCUT2D eigenvalue weighted by atomic mass is 9.69. The summed E-state index contributed by atoms with van der Waals surface area (Å²) in [5.74, 6) is 0. The molecule has 1 heterocycles. The molecule has 7 aromatic carbocycles. The van der Waals surface area contributed by atoms with Crippen LogP contribution in [0.2, 0.25) is 0 Å². The molecule has 0 amide bonds. The van der Waals surface area contributed by atoms with Crippen LogP contribution < -0.4 is 4.90 Å². The number of hydrogen-bond donors (Lipinski definition) is 0. The fourth-order valence-corrected chi connectivity index (χ4v) is 9.32. The number of nitrogens with zero attached hydrogens (tertiary/aromatic N) is 1. The lowest BCUT2D eigenvalue weighted by Crippen LogP contribution is -2.27. The summed E-state index contributed by atoms with van der Waals surface area (Å²) >= 11 is 1.87. The van der Waals surface area contributed by atoms with Gasteiger partial charge in [-0.15, -0.1) is 11.3 Å². The van der Waals surface area contributed by atoms with Crippen molar-refractivity contribution in [2.75, 3.05) is 4.90 Å². The van der Waals surface area contributed by atoms with Crippen LogP contribution in [0.5, 0.6) is 0 Å². The summed E-state index contributed by atoms with van der Waals surface area (Å²) in [5, 5.41) is 5.18. The van der Waals surface area contributed by atoms with Gasteiger partial charge in [-0.1, -0.05) is 135 Å². The maximum Gasteiger partial charge on any atom is 0.0468 e. The highest BCUT2D eigenvalue weighted by molar-refractivity contribution is 7.25. The monoisotopic (exact) mass is 649 g/mol. The van der Waals surface area contributed by atoms with Gasteiger partial charge in [0.2, 0.25) is 0 Å². The Kier molecular flexibility index (Phi) is 7.75. The minimum Gasteiger partial charge on any atom is -0.310 e. The van der Waals surface area contributed by atoms with E-state index in [1.807, 2.05) is 11.3 Å². The first-order chi connectivity index (χ1) is 24.2. The number of hydrogen-bond acceptors (Lipinski definition) is 2. The number of fused-ring (bicyclic) bond motifs is 4. The average molecular weight is 650 g/mol. The van der Waals surface area contributed by atoms with Gasteiger partial charge in [0.15, 0.2) is 0 Å². The molecule has 0 aliphatic heterocycles. The Hall–Kier alpha value is -5.18. The molecule has 9 rings (SSSR count). The Morgan fingerprint density at radius 2 is 1.00 bits per heavy atom. The number of anilines is 3. The van der Waals surface area contributed by atoms with Crippen molar-refractivity contribution in [2.24, 2.45) is 0 Å². The van der Waals surface area contributed by atoms with E-state index < -0.39 is 0 Å². The van der Waals surface area contributed by atoms with Crippen molar-refractivity contribution in [1.29, 1.82) is 0 Å². The van der Waals surface area contributed by atoms with Crippen molar-refractivity contribution in [1.82, 2.24) is 0 Å². The minimum atomic E-state index is 0.0666. The zero-order chi connectivity index (χ0) is 32.6. The third kappa shape index (κ3) is 5.51. The molecule has 0 radical (unpaired) electrons. The van der Waals surface area contributed by atoms with Crippen molar-refractivity contribution in [3.8, 4) is 11.1 Å². The average Bonchev–Trinajstić information content (AvgIpc) is 3.35. The Labute approximate surface area is 293 Å². The van der Waals surface area contributed by atoms with Crippen molar-refractivity contribution in [3.05, 3.63) is 175 Å². The molecule has 1 saturated carbocycles. The normalized spacial score (nSPS) is 14.6. The number of benzene rings is 7. The fourth-order valence-electron chi connectivity index (χ4n) is 8.24. The molecule has 1 aliphatic rings. The van der Waals surface area contributed by atoms with Crippen LogP contribution in [0.15, 0.2) is 164 Å². The van der Waals surface area contributed by atoms with Gasteiger partial charge in [0.25, 0.3) is 0 Å². The van der Waals surface area contributed by atoms with E-state index >= 15 is 0 Å². The van der Waals surface area contributed by atoms with E-state index in [2.05, 4.69) is 169 Å². The summed E-state index contributed by atoms with van der Waals surface area (Å²) in [6, 6.07) is 61.0. The molecule has 0 N–H and O–H groups in total. The van der Waals surface area contributed by atoms with Crippen LogP contribution in [0, 0.1) is 0 Å². The summed E-state index contributed by atoms with van der Waals surface area (Å²) in [6.45, 7) is 0. The van der Waals surface area contributed by atoms with Crippen molar-refractivity contribution < 1.29 is 0 Å². The van der Waals surface area contributed by atoms with E-state index in [9.17, 15) is 0 Å². The van der Waals surface area contributed by atoms with E-state index in [0.29, 0.717) is 0 Å². The van der Waals surface area contributed by atoms with Crippen LogP contribution in [0.4, 0.5) is 17.1 Å². The van der Waals surface area contributed by atoms with E-state index in [1.165, 1.54) is 103 Å². The molecule has 8 aromatic rings. The summed E-state index contributed by atoms with van der Waals surface area (Å²) in [7, 11) is 0. The van der Waals surface area contributed by atoms with Crippen LogP contribution >= 0.6 is 11.3 Å². The fraction of sp³-hybridized carbons (Fsp3) is 0.149. The minimum absolute atomic E-state index is 0.0666. The smallest absolute Gasteiger partial charge is 0.0468 e. The molecule has 0 atom stereocenters. The van der Waals surface area contributed by atoms with Gasteiger partial charge in [0.1, 0.15) is 0 Å². The standard InChI is InChI=1S/C47H39NS/c1-2-11-31-47(30-10-1,38-14-4-3-5-15-38)39-22-26-41(27-23-39)48(42-28-29-46-44(33-42)43-16-8-9-17-45(43)49-46)40-24-20-35(21-25-40)37-19-18-34-12-6-7-13-36(34)32-37/h3-9,12-29,32-33H,1-2,10-11,30-31H2. The second-order valence-electron chi connectivity index (χ2n) is 13.6. The van der Waals surface area contributed by atoms with Gasteiger partial charge in [-0.3, -0.25) is 0 Å². The molecule has 0 spiro atoms. The molecule has 1 nitrogen and oxygen atoms in total. The highest BCUT2D eigenvalue weighted by Crippen LogP contribution is 2.46. The summed E-state index contributed by atoms with van der Waals surface area (Å²) in [6.07, 6.45) is 7.63. The topological polar surface area (TPSA) is 3.24 Å². The highest BCUT2D eigenvalue weighted by atomic mass is 32.1. The first-order valence-electron chi connectivity index (χ1n) is 17.7. The first kappa shape index (κ1) is 29.9. The van der Waals surface area contributed by atoms with E-state index in [-0.39, 0.29) is 5.41 Å². The van der Waals surface area contributed by atoms with Crippen LogP contribution in [0.3, 0.4) is 0 Å². The van der Waals surface area contributed by atoms with Crippen LogP contribution in [-0.2, 0) is 5.41 Å². The summed E-state index contributed by atoms with van der Waals surface area (Å²) in [5.41, 5.74) is 8.94. The molecule has 1 aromatic heterocycles. The molecule has 0 bridgehead atoms. The molecule has 49 heavy (non-hydrogen) atoms. The molecule has 0 saturated heterocycles. The molecular formula is C47H39NS. The molecule has 238 valence electrons. The van der Waals surface area contributed by atoms with Crippen molar-refractivity contribution in [2.45, 2.75) is 43.9 Å². The van der Waals surface area contributed by atoms with Gasteiger partial charge in [0, 0.05) is 42.6 Å². The lowest BCUT2D eigenvalue weighted by molar-refractivity contribution is 0.446. The van der Waals surface area contributed by atoms with Gasteiger partial charge in [0.05, 0.1) is 0 Å². The second kappa shape index (κ2) is 12.7. The number of rotatable bonds is 6. The third-order valence-electron chi connectivity index (χ3n) is 10.8. The maximum atomic E-state index is 2.43. The zero-order valence-corrected chi connectivity index (χ0v) is 28.5. The Morgan fingerprint density at radius 3 is 1.78 bits per heavy atom. The zero-order valence-electron chi connectivity index (χ0n) is 27.7.